The normalized spacial score (nSPS) is 12.0. The highest BCUT2D eigenvalue weighted by Crippen LogP contribution is 2.36. The lowest BCUT2D eigenvalue weighted by Gasteiger charge is -2.13. The first-order chi connectivity index (χ1) is 12.4. The van der Waals surface area contributed by atoms with Crippen LogP contribution < -0.4 is 0 Å². The van der Waals surface area contributed by atoms with Gasteiger partial charge in [-0.15, -0.1) is 0 Å². The summed E-state index contributed by atoms with van der Waals surface area (Å²) in [6, 6.07) is 30.6. The number of hydrogen-bond acceptors (Lipinski definition) is 0. The summed E-state index contributed by atoms with van der Waals surface area (Å²) in [6.45, 7) is 0. The van der Waals surface area contributed by atoms with Gasteiger partial charge < -0.3 is 0 Å². The van der Waals surface area contributed by atoms with Gasteiger partial charge in [-0.1, -0.05) is 97.1 Å². The molecule has 0 unspecified atom stereocenters. The minimum absolute atomic E-state index is 0.947. The molecule has 0 bridgehead atoms. The molecule has 0 spiro atoms. The Morgan fingerprint density at radius 3 is 2.04 bits per heavy atom. The topological polar surface area (TPSA) is 0 Å². The van der Waals surface area contributed by atoms with Crippen molar-refractivity contribution < 1.29 is 0 Å². The quantitative estimate of drug-likeness (QED) is 0.319. The van der Waals surface area contributed by atoms with Crippen LogP contribution in [0.2, 0.25) is 0 Å². The molecule has 0 atom stereocenters. The molecule has 0 saturated carbocycles. The van der Waals surface area contributed by atoms with Crippen molar-refractivity contribution >= 4 is 38.4 Å². The van der Waals surface area contributed by atoms with Gasteiger partial charge in [-0.3, -0.25) is 0 Å². The van der Waals surface area contributed by atoms with E-state index >= 15 is 0 Å². The van der Waals surface area contributed by atoms with Crippen LogP contribution in [-0.4, -0.2) is 0 Å². The van der Waals surface area contributed by atoms with Crippen LogP contribution in [0.4, 0.5) is 0 Å². The Morgan fingerprint density at radius 1 is 0.560 bits per heavy atom. The summed E-state index contributed by atoms with van der Waals surface area (Å²) in [6.07, 6.45) is 5.42. The van der Waals surface area contributed by atoms with E-state index in [1.165, 1.54) is 43.4 Å². The van der Waals surface area contributed by atoms with Crippen molar-refractivity contribution in [1.82, 2.24) is 0 Å². The van der Waals surface area contributed by atoms with E-state index in [1.807, 2.05) is 0 Å². The summed E-state index contributed by atoms with van der Waals surface area (Å²) in [5, 5.41) is 8.15. The maximum atomic E-state index is 2.29. The third-order valence-corrected chi connectivity index (χ3v) is 5.07. The van der Waals surface area contributed by atoms with Crippen molar-refractivity contribution in [3.05, 3.63) is 102 Å². The Balaban J connectivity index is 1.65. The molecule has 0 aliphatic rings. The third-order valence-electron chi connectivity index (χ3n) is 5.07. The molecule has 0 nitrogen and oxygen atoms in total. The van der Waals surface area contributed by atoms with E-state index in [2.05, 4.69) is 97.1 Å². The van der Waals surface area contributed by atoms with Gasteiger partial charge in [0.15, 0.2) is 0 Å². The first-order valence-corrected chi connectivity index (χ1v) is 8.77. The van der Waals surface area contributed by atoms with Crippen LogP contribution >= 0.6 is 0 Å². The Kier molecular flexibility index (Phi) is 3.28. The van der Waals surface area contributed by atoms with E-state index < -0.39 is 0 Å². The van der Waals surface area contributed by atoms with E-state index in [1.54, 1.807) is 0 Å². The highest BCUT2D eigenvalue weighted by molar-refractivity contribution is 6.23. The smallest absolute Gasteiger partial charge is 0.00239 e. The summed E-state index contributed by atoms with van der Waals surface area (Å²) in [5.41, 5.74) is 2.64. The first kappa shape index (κ1) is 14.2. The molecule has 5 rings (SSSR count). The molecule has 0 N–H and O–H groups in total. The van der Waals surface area contributed by atoms with Crippen LogP contribution in [0, 0.1) is 0 Å². The van der Waals surface area contributed by atoms with Crippen molar-refractivity contribution in [3.63, 3.8) is 0 Å². The lowest BCUT2D eigenvalue weighted by Crippen LogP contribution is -1.89. The fourth-order valence-electron chi connectivity index (χ4n) is 3.86. The summed E-state index contributed by atoms with van der Waals surface area (Å²) < 4.78 is 0. The number of allylic oxidation sites excluding steroid dienone is 1. The molecule has 5 aromatic rings. The molecule has 0 aromatic heterocycles. The minimum atomic E-state index is 0.947. The summed E-state index contributed by atoms with van der Waals surface area (Å²) in [4.78, 5) is 0. The van der Waals surface area contributed by atoms with Gasteiger partial charge in [0.25, 0.3) is 0 Å². The molecule has 5 aromatic carbocycles. The van der Waals surface area contributed by atoms with Crippen LogP contribution in [0.3, 0.4) is 0 Å². The van der Waals surface area contributed by atoms with Gasteiger partial charge in [-0.05, 0) is 49.9 Å². The largest absolute Gasteiger partial charge is 0.0795 e. The fraction of sp³-hybridized carbons (Fsp3) is 0.0400. The zero-order chi connectivity index (χ0) is 16.6. The van der Waals surface area contributed by atoms with Crippen molar-refractivity contribution in [2.45, 2.75) is 6.42 Å². The van der Waals surface area contributed by atoms with Crippen LogP contribution in [0.25, 0.3) is 38.4 Å². The molecule has 0 aliphatic carbocycles. The lowest BCUT2D eigenvalue weighted by atomic mass is 9.91. The van der Waals surface area contributed by atoms with Gasteiger partial charge >= 0.3 is 0 Å². The van der Waals surface area contributed by atoms with Crippen LogP contribution in [0.1, 0.15) is 11.1 Å². The maximum absolute atomic E-state index is 2.29. The second-order valence-corrected chi connectivity index (χ2v) is 6.60. The van der Waals surface area contributed by atoms with Gasteiger partial charge in [0.1, 0.15) is 0 Å². The third kappa shape index (κ3) is 2.38. The molecule has 0 radical (unpaired) electrons. The Labute approximate surface area is 147 Å². The fourth-order valence-corrected chi connectivity index (χ4v) is 3.86. The van der Waals surface area contributed by atoms with E-state index in [4.69, 9.17) is 0 Å². The van der Waals surface area contributed by atoms with E-state index in [0.717, 1.165) is 6.42 Å². The zero-order valence-electron chi connectivity index (χ0n) is 13.9. The molecule has 0 amide bonds. The van der Waals surface area contributed by atoms with E-state index in [9.17, 15) is 0 Å². The second kappa shape index (κ2) is 5.75. The van der Waals surface area contributed by atoms with E-state index in [0.29, 0.717) is 0 Å². The SMILES string of the molecule is C(=Cc1ccccc1)Cc1ccc2ccc3cccc4ccc1c2c34. The summed E-state index contributed by atoms with van der Waals surface area (Å²) in [5.74, 6) is 0. The zero-order valence-corrected chi connectivity index (χ0v) is 13.9. The highest BCUT2D eigenvalue weighted by atomic mass is 14.1. The second-order valence-electron chi connectivity index (χ2n) is 6.60. The van der Waals surface area contributed by atoms with Gasteiger partial charge in [-0.2, -0.15) is 0 Å². The van der Waals surface area contributed by atoms with Crippen LogP contribution in [-0.2, 0) is 6.42 Å². The molecule has 0 heterocycles. The Hall–Kier alpha value is -3.12. The van der Waals surface area contributed by atoms with Gasteiger partial charge in [-0.25, -0.2) is 0 Å². The average molecular weight is 318 g/mol. The number of hydrogen-bond donors (Lipinski definition) is 0. The predicted molar refractivity (Wildman–Crippen MR) is 109 cm³/mol. The monoisotopic (exact) mass is 318 g/mol. The first-order valence-electron chi connectivity index (χ1n) is 8.77. The summed E-state index contributed by atoms with van der Waals surface area (Å²) in [7, 11) is 0. The summed E-state index contributed by atoms with van der Waals surface area (Å²) >= 11 is 0. The molecular weight excluding hydrogens is 300 g/mol. The standard InChI is InChI=1S/C25H18/c1-2-6-18(7-3-1)8-4-9-19-12-13-22-15-14-20-10-5-11-21-16-17-23(19)25(22)24(20)21/h1-8,10-17H,9H2. The van der Waals surface area contributed by atoms with E-state index in [-0.39, 0.29) is 0 Å². The minimum Gasteiger partial charge on any atom is -0.0795 e. The van der Waals surface area contributed by atoms with Crippen molar-refractivity contribution in [1.29, 1.82) is 0 Å². The van der Waals surface area contributed by atoms with Crippen molar-refractivity contribution in [2.75, 3.05) is 0 Å². The Morgan fingerprint density at radius 2 is 1.24 bits per heavy atom. The number of rotatable bonds is 3. The molecule has 0 aliphatic heterocycles. The van der Waals surface area contributed by atoms with Gasteiger partial charge in [0.2, 0.25) is 0 Å². The molecular formula is C25H18. The van der Waals surface area contributed by atoms with Gasteiger partial charge in [0.05, 0.1) is 0 Å². The maximum Gasteiger partial charge on any atom is -0.00239 e. The number of benzene rings is 5. The predicted octanol–water partition coefficient (Wildman–Crippen LogP) is 6.84. The van der Waals surface area contributed by atoms with Crippen molar-refractivity contribution in [2.24, 2.45) is 0 Å². The molecule has 118 valence electrons. The Bertz CT molecular complexity index is 1180. The highest BCUT2D eigenvalue weighted by Gasteiger charge is 2.09. The molecule has 0 heteroatoms. The van der Waals surface area contributed by atoms with Crippen LogP contribution in [0.5, 0.6) is 0 Å². The van der Waals surface area contributed by atoms with Crippen LogP contribution in [0.15, 0.2) is 91.0 Å². The molecule has 0 fully saturated rings. The molecule has 25 heavy (non-hydrogen) atoms. The average Bonchev–Trinajstić information content (AvgIpc) is 2.68. The molecule has 0 saturated heterocycles. The van der Waals surface area contributed by atoms with Crippen molar-refractivity contribution in [3.8, 4) is 0 Å². The lowest BCUT2D eigenvalue weighted by molar-refractivity contribution is 1.31. The van der Waals surface area contributed by atoms with Gasteiger partial charge in [0, 0.05) is 0 Å².